The Labute approximate surface area is 156 Å². The molecule has 2 aliphatic heterocycles. The minimum absolute atomic E-state index is 0.00267. The minimum atomic E-state index is -4.46. The van der Waals surface area contributed by atoms with Gasteiger partial charge in [-0.1, -0.05) is 24.4 Å². The topological polar surface area (TPSA) is 36.4 Å². The molecule has 2 fully saturated rings. The summed E-state index contributed by atoms with van der Waals surface area (Å²) in [5.74, 6) is 0.566. The third-order valence-corrected chi connectivity index (χ3v) is 5.49. The van der Waals surface area contributed by atoms with Gasteiger partial charge >= 0.3 is 6.18 Å². The van der Waals surface area contributed by atoms with E-state index in [1.165, 1.54) is 12.8 Å². The predicted molar refractivity (Wildman–Crippen MR) is 94.2 cm³/mol. The monoisotopic (exact) mass is 389 g/mol. The predicted octanol–water partition coefficient (Wildman–Crippen LogP) is 4.37. The lowest BCUT2D eigenvalue weighted by molar-refractivity contribution is -0.138. The van der Waals surface area contributed by atoms with E-state index in [-0.39, 0.29) is 16.8 Å². The zero-order valence-electron chi connectivity index (χ0n) is 14.6. The number of pyridine rings is 1. The second kappa shape index (κ2) is 8.03. The van der Waals surface area contributed by atoms with Crippen LogP contribution in [-0.2, 0) is 11.0 Å². The lowest BCUT2D eigenvalue weighted by Crippen LogP contribution is -2.43. The van der Waals surface area contributed by atoms with E-state index in [4.69, 9.17) is 11.6 Å². The van der Waals surface area contributed by atoms with Crippen LogP contribution in [0.25, 0.3) is 0 Å². The average Bonchev–Trinajstić information content (AvgIpc) is 2.90. The maximum absolute atomic E-state index is 12.7. The zero-order valence-corrected chi connectivity index (χ0v) is 15.3. The fourth-order valence-corrected chi connectivity index (χ4v) is 3.99. The van der Waals surface area contributed by atoms with Gasteiger partial charge in [-0.25, -0.2) is 4.98 Å². The van der Waals surface area contributed by atoms with Gasteiger partial charge in [0.15, 0.2) is 0 Å². The summed E-state index contributed by atoms with van der Waals surface area (Å²) in [5.41, 5.74) is -0.850. The molecule has 0 bridgehead atoms. The van der Waals surface area contributed by atoms with Gasteiger partial charge < -0.3 is 9.80 Å². The zero-order chi connectivity index (χ0) is 18.7. The first-order valence-electron chi connectivity index (χ1n) is 9.13. The standard InChI is InChI=1S/C18H23ClF3N3O/c19-15-11-14(18(20,21)22)12-23-16(15)24-9-5-13(6-10-24)17(26)25-7-3-1-2-4-8-25/h11-13H,1-10H2. The normalized spacial score (nSPS) is 20.2. The Bertz CT molecular complexity index is 637. The first-order valence-corrected chi connectivity index (χ1v) is 9.50. The number of anilines is 1. The second-order valence-corrected chi connectivity index (χ2v) is 7.44. The van der Waals surface area contributed by atoms with Crippen LogP contribution in [0.15, 0.2) is 12.3 Å². The minimum Gasteiger partial charge on any atom is -0.355 e. The van der Waals surface area contributed by atoms with Crippen molar-refractivity contribution in [1.29, 1.82) is 0 Å². The molecular weight excluding hydrogens is 367 g/mol. The van der Waals surface area contributed by atoms with Crippen LogP contribution in [0, 0.1) is 5.92 Å². The van der Waals surface area contributed by atoms with Crippen molar-refractivity contribution < 1.29 is 18.0 Å². The van der Waals surface area contributed by atoms with Crippen LogP contribution in [0.1, 0.15) is 44.1 Å². The molecule has 1 amide bonds. The van der Waals surface area contributed by atoms with Gasteiger partial charge in [0.2, 0.25) is 5.91 Å². The molecule has 26 heavy (non-hydrogen) atoms. The summed E-state index contributed by atoms with van der Waals surface area (Å²) in [6, 6.07) is 0.915. The van der Waals surface area contributed by atoms with Gasteiger partial charge in [-0.3, -0.25) is 4.79 Å². The molecule has 0 aromatic carbocycles. The molecule has 0 spiro atoms. The summed E-state index contributed by atoms with van der Waals surface area (Å²) in [5, 5.41) is -0.00267. The summed E-state index contributed by atoms with van der Waals surface area (Å²) in [4.78, 5) is 20.5. The van der Waals surface area contributed by atoms with Crippen LogP contribution in [0.3, 0.4) is 0 Å². The Balaban J connectivity index is 1.60. The van der Waals surface area contributed by atoms with E-state index in [2.05, 4.69) is 4.98 Å². The van der Waals surface area contributed by atoms with Crippen molar-refractivity contribution in [2.75, 3.05) is 31.1 Å². The molecule has 8 heteroatoms. The fraction of sp³-hybridized carbons (Fsp3) is 0.667. The van der Waals surface area contributed by atoms with Crippen molar-refractivity contribution in [2.24, 2.45) is 5.92 Å². The lowest BCUT2D eigenvalue weighted by Gasteiger charge is -2.35. The summed E-state index contributed by atoms with van der Waals surface area (Å²) in [7, 11) is 0. The SMILES string of the molecule is O=C(C1CCN(c2ncc(C(F)(F)F)cc2Cl)CC1)N1CCCCCC1. The van der Waals surface area contributed by atoms with E-state index in [0.29, 0.717) is 31.7 Å². The molecule has 2 saturated heterocycles. The number of hydrogen-bond acceptors (Lipinski definition) is 3. The molecule has 1 aromatic heterocycles. The van der Waals surface area contributed by atoms with Gasteiger partial charge in [0.1, 0.15) is 5.82 Å². The highest BCUT2D eigenvalue weighted by Gasteiger charge is 2.33. The van der Waals surface area contributed by atoms with Crippen molar-refractivity contribution in [3.63, 3.8) is 0 Å². The van der Waals surface area contributed by atoms with Crippen LogP contribution in [-0.4, -0.2) is 42.0 Å². The van der Waals surface area contributed by atoms with Gasteiger partial charge in [-0.05, 0) is 31.7 Å². The van der Waals surface area contributed by atoms with Crippen molar-refractivity contribution in [3.8, 4) is 0 Å². The number of aromatic nitrogens is 1. The molecule has 0 unspecified atom stereocenters. The van der Waals surface area contributed by atoms with E-state index in [0.717, 1.165) is 38.2 Å². The van der Waals surface area contributed by atoms with E-state index in [1.807, 2.05) is 9.80 Å². The quantitative estimate of drug-likeness (QED) is 0.753. The number of amides is 1. The molecule has 0 saturated carbocycles. The highest BCUT2D eigenvalue weighted by atomic mass is 35.5. The summed E-state index contributed by atoms with van der Waals surface area (Å²) in [6.45, 7) is 2.82. The third kappa shape index (κ3) is 4.42. The molecule has 2 aliphatic rings. The number of likely N-dealkylation sites (tertiary alicyclic amines) is 1. The molecule has 0 N–H and O–H groups in total. The van der Waals surface area contributed by atoms with Crippen LogP contribution >= 0.6 is 11.6 Å². The van der Waals surface area contributed by atoms with Crippen molar-refractivity contribution in [1.82, 2.24) is 9.88 Å². The Kier molecular flexibility index (Phi) is 5.95. The highest BCUT2D eigenvalue weighted by Crippen LogP contribution is 2.34. The molecule has 0 radical (unpaired) electrons. The first kappa shape index (κ1) is 19.3. The molecule has 0 atom stereocenters. The number of alkyl halides is 3. The molecule has 3 rings (SSSR count). The van der Waals surface area contributed by atoms with E-state index in [1.54, 1.807) is 0 Å². The molecule has 1 aromatic rings. The van der Waals surface area contributed by atoms with Crippen LogP contribution in [0.5, 0.6) is 0 Å². The van der Waals surface area contributed by atoms with Crippen LogP contribution in [0.4, 0.5) is 19.0 Å². The Hall–Kier alpha value is -1.50. The molecule has 3 heterocycles. The number of piperidine rings is 1. The summed E-state index contributed by atoms with van der Waals surface area (Å²) in [6.07, 6.45) is 2.20. The van der Waals surface area contributed by atoms with E-state index < -0.39 is 11.7 Å². The maximum Gasteiger partial charge on any atom is 0.417 e. The smallest absolute Gasteiger partial charge is 0.355 e. The number of hydrogen-bond donors (Lipinski definition) is 0. The van der Waals surface area contributed by atoms with Crippen molar-refractivity contribution >= 4 is 23.3 Å². The number of carbonyl (C=O) groups excluding carboxylic acids is 1. The summed E-state index contributed by atoms with van der Waals surface area (Å²) < 4.78 is 38.2. The van der Waals surface area contributed by atoms with Crippen LogP contribution < -0.4 is 4.90 Å². The molecule has 0 aliphatic carbocycles. The number of rotatable bonds is 2. The van der Waals surface area contributed by atoms with Gasteiger partial charge in [-0.15, -0.1) is 0 Å². The number of halogens is 4. The summed E-state index contributed by atoms with van der Waals surface area (Å²) >= 11 is 6.03. The van der Waals surface area contributed by atoms with E-state index in [9.17, 15) is 18.0 Å². The van der Waals surface area contributed by atoms with E-state index >= 15 is 0 Å². The average molecular weight is 390 g/mol. The third-order valence-electron chi connectivity index (χ3n) is 5.21. The maximum atomic E-state index is 12.7. The first-order chi connectivity index (χ1) is 12.4. The number of nitrogens with zero attached hydrogens (tertiary/aromatic N) is 3. The van der Waals surface area contributed by atoms with Crippen LogP contribution in [0.2, 0.25) is 5.02 Å². The van der Waals surface area contributed by atoms with Crippen molar-refractivity contribution in [2.45, 2.75) is 44.7 Å². The lowest BCUT2D eigenvalue weighted by atomic mass is 9.95. The largest absolute Gasteiger partial charge is 0.417 e. The van der Waals surface area contributed by atoms with Gasteiger partial charge in [-0.2, -0.15) is 13.2 Å². The van der Waals surface area contributed by atoms with Gasteiger partial charge in [0.25, 0.3) is 0 Å². The molecule has 4 nitrogen and oxygen atoms in total. The Morgan fingerprint density at radius 2 is 1.69 bits per heavy atom. The van der Waals surface area contributed by atoms with Gasteiger partial charge in [0.05, 0.1) is 10.6 Å². The fourth-order valence-electron chi connectivity index (χ4n) is 3.71. The van der Waals surface area contributed by atoms with Gasteiger partial charge in [0, 0.05) is 38.3 Å². The van der Waals surface area contributed by atoms with Crippen molar-refractivity contribution in [3.05, 3.63) is 22.8 Å². The molecule has 144 valence electrons. The highest BCUT2D eigenvalue weighted by molar-refractivity contribution is 6.33. The Morgan fingerprint density at radius 3 is 2.23 bits per heavy atom. The second-order valence-electron chi connectivity index (χ2n) is 7.03. The number of carbonyl (C=O) groups is 1. The molecular formula is C18H23ClF3N3O. The Morgan fingerprint density at radius 1 is 1.08 bits per heavy atom.